The van der Waals surface area contributed by atoms with E-state index < -0.39 is 11.0 Å². The highest BCUT2D eigenvalue weighted by atomic mass is 79.9. The number of rotatable bonds is 5. The molecule has 0 saturated carbocycles. The summed E-state index contributed by atoms with van der Waals surface area (Å²) in [5.41, 5.74) is 2.42. The van der Waals surface area contributed by atoms with Crippen LogP contribution in [-0.2, 0) is 0 Å². The Morgan fingerprint density at radius 3 is 2.46 bits per heavy atom. The Morgan fingerprint density at radius 2 is 1.79 bits per heavy atom. The highest BCUT2D eigenvalue weighted by molar-refractivity contribution is 9.10. The zero-order valence-corrected chi connectivity index (χ0v) is 16.4. The number of para-hydroxylation sites is 2. The zero-order valence-electron chi connectivity index (χ0n) is 13.2. The van der Waals surface area contributed by atoms with E-state index in [9.17, 15) is 9.11 Å². The molecule has 0 unspecified atom stereocenters. The lowest BCUT2D eigenvalue weighted by Gasteiger charge is -2.43. The van der Waals surface area contributed by atoms with Gasteiger partial charge in [-0.15, -0.1) is 12.4 Å². The lowest BCUT2D eigenvalue weighted by molar-refractivity contribution is 0.483. The Labute approximate surface area is 158 Å². The molecular weight excluding hydrogens is 414 g/mol. The van der Waals surface area contributed by atoms with Gasteiger partial charge in [0.2, 0.25) is 0 Å². The number of anilines is 3. The van der Waals surface area contributed by atoms with Crippen LogP contribution in [0.3, 0.4) is 0 Å². The molecule has 0 aliphatic carbocycles. The summed E-state index contributed by atoms with van der Waals surface area (Å²) in [7, 11) is -1.23. The summed E-state index contributed by atoms with van der Waals surface area (Å²) in [6.45, 7) is 1.40. The second kappa shape index (κ2) is 7.95. The van der Waals surface area contributed by atoms with Crippen LogP contribution < -0.4 is 13.9 Å². The Morgan fingerprint density at radius 1 is 1.08 bits per heavy atom. The maximum absolute atomic E-state index is 10.9. The third-order valence-electron chi connectivity index (χ3n) is 3.74. The van der Waals surface area contributed by atoms with Crippen LogP contribution in [0.4, 0.5) is 17.1 Å². The van der Waals surface area contributed by atoms with E-state index in [0.717, 1.165) is 34.5 Å². The zero-order chi connectivity index (χ0) is 16.4. The van der Waals surface area contributed by atoms with Gasteiger partial charge in [0.25, 0.3) is 0 Å². The number of hydrogen-bond acceptors (Lipinski definition) is 5. The van der Waals surface area contributed by atoms with Gasteiger partial charge in [-0.3, -0.25) is 13.4 Å². The van der Waals surface area contributed by atoms with Gasteiger partial charge in [0.05, 0.1) is 17.1 Å². The van der Waals surface area contributed by atoms with E-state index in [1.54, 1.807) is 8.61 Å². The summed E-state index contributed by atoms with van der Waals surface area (Å²) < 4.78 is 26.1. The van der Waals surface area contributed by atoms with E-state index in [1.807, 2.05) is 55.6 Å². The van der Waals surface area contributed by atoms with Crippen LogP contribution >= 0.6 is 39.3 Å². The molecule has 0 radical (unpaired) electrons. The molecule has 2 aromatic carbocycles. The van der Waals surface area contributed by atoms with E-state index in [4.69, 9.17) is 0 Å². The summed E-state index contributed by atoms with van der Waals surface area (Å²) in [5, 5.41) is 3.09. The maximum Gasteiger partial charge on any atom is 0.0896 e. The molecule has 5 nitrogen and oxygen atoms in total. The van der Waals surface area contributed by atoms with Crippen LogP contribution in [0, 0.1) is 0 Å². The van der Waals surface area contributed by atoms with Gasteiger partial charge < -0.3 is 5.32 Å². The molecule has 3 rings (SSSR count). The smallest absolute Gasteiger partial charge is 0.0896 e. The first kappa shape index (κ1) is 19.4. The quantitative estimate of drug-likeness (QED) is 0.577. The molecule has 0 amide bonds. The number of halogens is 2. The number of nitrogens with zero attached hydrogens (tertiary/aromatic N) is 2. The van der Waals surface area contributed by atoms with Gasteiger partial charge in [0.15, 0.2) is 0 Å². The predicted molar refractivity (Wildman–Crippen MR) is 109 cm³/mol. The Bertz CT molecular complexity index is 705. The van der Waals surface area contributed by atoms with E-state index in [1.165, 1.54) is 0 Å². The summed E-state index contributed by atoms with van der Waals surface area (Å²) >= 11 is 3.45. The van der Waals surface area contributed by atoms with Crippen molar-refractivity contribution in [1.82, 2.24) is 5.32 Å². The molecule has 0 aromatic heterocycles. The standard InChI is InChI=1S/C16H20BrN3O2S.ClH/c1-18-10-5-11-19-15-8-2-3-9-16(15)20(23(19,21)22)14-7-4-6-13(17)12-14;/h2-4,6-9,12,18,21-22H,5,10-11H2,1H3;1H. The molecular formula is C16H21BrClN3O2S. The molecule has 2 aromatic rings. The molecule has 1 aliphatic heterocycles. The predicted octanol–water partition coefficient (Wildman–Crippen LogP) is 5.02. The van der Waals surface area contributed by atoms with Gasteiger partial charge in [-0.1, -0.05) is 34.1 Å². The van der Waals surface area contributed by atoms with Crippen LogP contribution in [0.5, 0.6) is 0 Å². The van der Waals surface area contributed by atoms with Crippen molar-refractivity contribution in [3.63, 3.8) is 0 Å². The third kappa shape index (κ3) is 3.51. The lowest BCUT2D eigenvalue weighted by Crippen LogP contribution is -2.32. The number of benzene rings is 2. The van der Waals surface area contributed by atoms with Gasteiger partial charge in [-0.05, 0) is 61.3 Å². The molecule has 1 aliphatic rings. The van der Waals surface area contributed by atoms with Crippen molar-refractivity contribution in [2.24, 2.45) is 0 Å². The van der Waals surface area contributed by atoms with E-state index in [0.29, 0.717) is 6.54 Å². The Balaban J connectivity index is 0.00000208. The van der Waals surface area contributed by atoms with Crippen molar-refractivity contribution in [1.29, 1.82) is 0 Å². The van der Waals surface area contributed by atoms with Crippen LogP contribution in [0.2, 0.25) is 0 Å². The minimum absolute atomic E-state index is 0. The SMILES string of the molecule is CNCCCN1c2ccccc2N(c2cccc(Br)c2)S1(O)O.Cl. The van der Waals surface area contributed by atoms with Crippen molar-refractivity contribution in [3.05, 3.63) is 53.0 Å². The minimum Gasteiger partial charge on any atom is -0.320 e. The molecule has 24 heavy (non-hydrogen) atoms. The van der Waals surface area contributed by atoms with E-state index in [-0.39, 0.29) is 12.4 Å². The van der Waals surface area contributed by atoms with Gasteiger partial charge in [-0.25, -0.2) is 4.31 Å². The molecule has 0 spiro atoms. The third-order valence-corrected chi connectivity index (χ3v) is 6.10. The molecule has 1 heterocycles. The fourth-order valence-corrected chi connectivity index (χ4v) is 4.93. The highest BCUT2D eigenvalue weighted by Gasteiger charge is 2.41. The highest BCUT2D eigenvalue weighted by Crippen LogP contribution is 2.64. The average molecular weight is 435 g/mol. The van der Waals surface area contributed by atoms with Crippen molar-refractivity contribution in [2.45, 2.75) is 6.42 Å². The van der Waals surface area contributed by atoms with E-state index in [2.05, 4.69) is 21.2 Å². The van der Waals surface area contributed by atoms with Crippen molar-refractivity contribution < 1.29 is 9.11 Å². The topological polar surface area (TPSA) is 59.0 Å². The Kier molecular flexibility index (Phi) is 6.41. The van der Waals surface area contributed by atoms with Crippen LogP contribution in [0.25, 0.3) is 0 Å². The fourth-order valence-electron chi connectivity index (χ4n) is 2.73. The largest absolute Gasteiger partial charge is 0.320 e. The van der Waals surface area contributed by atoms with Crippen LogP contribution in [-0.4, -0.2) is 29.2 Å². The van der Waals surface area contributed by atoms with Crippen molar-refractivity contribution in [2.75, 3.05) is 28.7 Å². The van der Waals surface area contributed by atoms with Crippen LogP contribution in [0.15, 0.2) is 53.0 Å². The first-order chi connectivity index (χ1) is 11.1. The molecule has 0 saturated heterocycles. The van der Waals surface area contributed by atoms with Gasteiger partial charge >= 0.3 is 0 Å². The monoisotopic (exact) mass is 433 g/mol. The second-order valence-corrected chi connectivity index (χ2v) is 8.01. The summed E-state index contributed by atoms with van der Waals surface area (Å²) in [6.07, 6.45) is 0.826. The van der Waals surface area contributed by atoms with Crippen LogP contribution in [0.1, 0.15) is 6.42 Å². The van der Waals surface area contributed by atoms with Gasteiger partial charge in [0, 0.05) is 11.0 Å². The van der Waals surface area contributed by atoms with E-state index >= 15 is 0 Å². The summed E-state index contributed by atoms with van der Waals surface area (Å²) in [6, 6.07) is 15.3. The number of fused-ring (bicyclic) bond motifs is 1. The molecule has 0 bridgehead atoms. The Hall–Kier alpha value is -0.960. The maximum atomic E-state index is 10.9. The van der Waals surface area contributed by atoms with Gasteiger partial charge in [0.1, 0.15) is 0 Å². The van der Waals surface area contributed by atoms with Crippen molar-refractivity contribution >= 4 is 56.4 Å². The first-order valence-corrected chi connectivity index (χ1v) is 9.66. The molecule has 3 N–H and O–H groups in total. The first-order valence-electron chi connectivity index (χ1n) is 7.41. The second-order valence-electron chi connectivity index (χ2n) is 5.31. The average Bonchev–Trinajstić information content (AvgIpc) is 2.74. The fraction of sp³-hybridized carbons (Fsp3) is 0.250. The lowest BCUT2D eigenvalue weighted by atomic mass is 10.2. The molecule has 0 atom stereocenters. The van der Waals surface area contributed by atoms with Crippen molar-refractivity contribution in [3.8, 4) is 0 Å². The normalized spacial score (nSPS) is 16.5. The summed E-state index contributed by atoms with van der Waals surface area (Å²) in [5.74, 6) is 0. The molecule has 0 fully saturated rings. The molecule has 8 heteroatoms. The summed E-state index contributed by atoms with van der Waals surface area (Å²) in [4.78, 5) is 0. The number of nitrogens with one attached hydrogen (secondary N) is 1. The van der Waals surface area contributed by atoms with Gasteiger partial charge in [-0.2, -0.15) is 0 Å². The minimum atomic E-state index is -3.12. The number of hydrogen-bond donors (Lipinski definition) is 3. The molecule has 132 valence electrons.